The second-order valence-electron chi connectivity index (χ2n) is 5.11. The lowest BCUT2D eigenvalue weighted by Gasteiger charge is -2.17. The Hall–Kier alpha value is -0.525. The predicted octanol–water partition coefficient (Wildman–Crippen LogP) is 0.761. The van der Waals surface area contributed by atoms with Gasteiger partial charge in [-0.2, -0.15) is 0 Å². The quantitative estimate of drug-likeness (QED) is 0.406. The van der Waals surface area contributed by atoms with Gasteiger partial charge in [0.2, 0.25) is 0 Å². The van der Waals surface area contributed by atoms with Crippen LogP contribution < -0.4 is 11.1 Å². The van der Waals surface area contributed by atoms with Crippen LogP contribution in [0, 0.1) is 5.92 Å². The number of nitrogens with two attached hydrogens (primary N) is 1. The summed E-state index contributed by atoms with van der Waals surface area (Å²) in [7, 11) is 0. The zero-order valence-electron chi connectivity index (χ0n) is 12.1. The summed E-state index contributed by atoms with van der Waals surface area (Å²) in [5.74, 6) is -0.403. The maximum atomic E-state index is 11.6. The van der Waals surface area contributed by atoms with Crippen molar-refractivity contribution in [1.82, 2.24) is 5.32 Å². The minimum atomic E-state index is -0.867. The number of hydrogen-bond donors (Lipinski definition) is 3. The SMILES string of the molecule is CC(C)NC(C[B]SCC(N)C(=O)C(C)C)C(=O)O. The number of hydrogen-bond acceptors (Lipinski definition) is 5. The van der Waals surface area contributed by atoms with E-state index in [1.54, 1.807) is 0 Å². The molecule has 0 bridgehead atoms. The van der Waals surface area contributed by atoms with Crippen LogP contribution in [0.15, 0.2) is 0 Å². The van der Waals surface area contributed by atoms with Crippen LogP contribution in [0.5, 0.6) is 0 Å². The van der Waals surface area contributed by atoms with Crippen molar-refractivity contribution < 1.29 is 14.7 Å². The predicted molar refractivity (Wildman–Crippen MR) is 80.5 cm³/mol. The van der Waals surface area contributed by atoms with E-state index in [1.165, 1.54) is 11.6 Å². The zero-order valence-corrected chi connectivity index (χ0v) is 12.9. The summed E-state index contributed by atoms with van der Waals surface area (Å²) in [5.41, 5.74) is 5.75. The van der Waals surface area contributed by atoms with Gasteiger partial charge in [0.1, 0.15) is 0 Å². The molecule has 0 rings (SSSR count). The fourth-order valence-corrected chi connectivity index (χ4v) is 2.32. The zero-order chi connectivity index (χ0) is 15.0. The molecule has 1 radical (unpaired) electrons. The molecule has 0 aromatic rings. The summed E-state index contributed by atoms with van der Waals surface area (Å²) in [6.45, 7) is 9.26. The van der Waals surface area contributed by atoms with Crippen LogP contribution in [-0.4, -0.2) is 47.3 Å². The molecule has 0 heterocycles. The third-order valence-electron chi connectivity index (χ3n) is 2.49. The number of nitrogens with one attached hydrogen (secondary N) is 1. The Balaban J connectivity index is 3.94. The van der Waals surface area contributed by atoms with E-state index in [9.17, 15) is 9.59 Å². The number of aliphatic carboxylic acids is 1. The largest absolute Gasteiger partial charge is 0.480 e. The van der Waals surface area contributed by atoms with Crippen molar-refractivity contribution in [3.8, 4) is 0 Å². The maximum absolute atomic E-state index is 11.6. The molecule has 0 saturated heterocycles. The molecule has 109 valence electrons. The first-order chi connectivity index (χ1) is 8.75. The summed E-state index contributed by atoms with van der Waals surface area (Å²) in [6, 6.07) is -0.962. The number of carboxylic acid groups (broad SMARTS) is 1. The van der Waals surface area contributed by atoms with E-state index in [4.69, 9.17) is 10.8 Å². The van der Waals surface area contributed by atoms with Gasteiger partial charge in [0.15, 0.2) is 12.3 Å². The van der Waals surface area contributed by atoms with Gasteiger partial charge in [-0.3, -0.25) is 9.59 Å². The fourth-order valence-electron chi connectivity index (χ4n) is 1.49. The Morgan fingerprint density at radius 2 is 1.89 bits per heavy atom. The standard InChI is InChI=1S/C12H24BN2O3S/c1-7(2)11(16)9(14)6-19-13-5-10(12(17)18)15-8(3)4/h7-10,15H,5-6,14H2,1-4H3,(H,17,18). The second kappa shape index (κ2) is 9.39. The monoisotopic (exact) mass is 287 g/mol. The van der Waals surface area contributed by atoms with Crippen LogP contribution >= 0.6 is 11.6 Å². The van der Waals surface area contributed by atoms with Gasteiger partial charge in [0.05, 0.1) is 12.1 Å². The van der Waals surface area contributed by atoms with Crippen molar-refractivity contribution in [3.05, 3.63) is 0 Å². The highest BCUT2D eigenvalue weighted by Gasteiger charge is 2.20. The minimum absolute atomic E-state index is 0.0380. The van der Waals surface area contributed by atoms with E-state index in [-0.39, 0.29) is 17.7 Å². The lowest BCUT2D eigenvalue weighted by Crippen LogP contribution is -2.41. The van der Waals surface area contributed by atoms with E-state index < -0.39 is 18.1 Å². The normalized spacial score (nSPS) is 14.5. The summed E-state index contributed by atoms with van der Waals surface area (Å²) in [4.78, 5) is 22.6. The average molecular weight is 287 g/mol. The minimum Gasteiger partial charge on any atom is -0.480 e. The van der Waals surface area contributed by atoms with Crippen LogP contribution in [0.4, 0.5) is 0 Å². The molecule has 4 N–H and O–H groups in total. The molecule has 2 atom stereocenters. The van der Waals surface area contributed by atoms with E-state index in [2.05, 4.69) is 5.32 Å². The van der Waals surface area contributed by atoms with Crippen molar-refractivity contribution in [3.63, 3.8) is 0 Å². The van der Waals surface area contributed by atoms with Gasteiger partial charge in [-0.25, -0.2) is 11.6 Å². The molecule has 0 aliphatic rings. The molecule has 0 aromatic carbocycles. The highest BCUT2D eigenvalue weighted by atomic mass is 32.2. The molecule has 0 spiro atoms. The van der Waals surface area contributed by atoms with E-state index in [0.717, 1.165) is 0 Å². The van der Waals surface area contributed by atoms with Crippen LogP contribution in [0.3, 0.4) is 0 Å². The molecule has 0 saturated carbocycles. The number of carbonyl (C=O) groups is 2. The molecule has 0 aliphatic carbocycles. The van der Waals surface area contributed by atoms with Crippen molar-refractivity contribution in [2.24, 2.45) is 11.7 Å². The van der Waals surface area contributed by atoms with Gasteiger partial charge >= 0.3 is 5.97 Å². The topological polar surface area (TPSA) is 92.4 Å². The smallest absolute Gasteiger partial charge is 0.319 e. The Morgan fingerprint density at radius 3 is 2.32 bits per heavy atom. The van der Waals surface area contributed by atoms with E-state index in [0.29, 0.717) is 12.1 Å². The van der Waals surface area contributed by atoms with Crippen molar-refractivity contribution >= 4 is 29.9 Å². The first-order valence-electron chi connectivity index (χ1n) is 6.47. The van der Waals surface area contributed by atoms with Crippen LogP contribution in [0.2, 0.25) is 6.32 Å². The number of carboxylic acids is 1. The van der Waals surface area contributed by atoms with Crippen LogP contribution in [0.25, 0.3) is 0 Å². The summed E-state index contributed by atoms with van der Waals surface area (Å²) >= 11 is 1.41. The van der Waals surface area contributed by atoms with Gasteiger partial charge in [-0.05, 0) is 6.32 Å². The van der Waals surface area contributed by atoms with Gasteiger partial charge in [0.25, 0.3) is 0 Å². The van der Waals surface area contributed by atoms with Gasteiger partial charge in [-0.1, -0.05) is 27.7 Å². The number of carbonyl (C=O) groups excluding carboxylic acids is 1. The Labute approximate surface area is 120 Å². The number of ketones is 1. The van der Waals surface area contributed by atoms with Crippen molar-refractivity contribution in [1.29, 1.82) is 0 Å². The Bertz CT molecular complexity index is 301. The average Bonchev–Trinajstić information content (AvgIpc) is 2.30. The molecule has 7 heteroatoms. The molecule has 19 heavy (non-hydrogen) atoms. The first kappa shape index (κ1) is 18.5. The Kier molecular flexibility index (Phi) is 9.13. The summed E-state index contributed by atoms with van der Waals surface area (Å²) < 4.78 is 0. The van der Waals surface area contributed by atoms with Crippen LogP contribution in [-0.2, 0) is 9.59 Å². The molecular formula is C12H24BN2O3S. The lowest BCUT2D eigenvalue weighted by molar-refractivity contribution is -0.139. The van der Waals surface area contributed by atoms with Crippen LogP contribution in [0.1, 0.15) is 27.7 Å². The molecule has 0 amide bonds. The lowest BCUT2D eigenvalue weighted by atomic mass is 9.95. The molecule has 5 nitrogen and oxygen atoms in total. The summed E-state index contributed by atoms with van der Waals surface area (Å²) in [5, 5.41) is 12.0. The highest BCUT2D eigenvalue weighted by Crippen LogP contribution is 2.08. The molecule has 0 fully saturated rings. The van der Waals surface area contributed by atoms with Gasteiger partial charge < -0.3 is 16.2 Å². The second-order valence-corrected chi connectivity index (χ2v) is 6.11. The maximum Gasteiger partial charge on any atom is 0.319 e. The van der Waals surface area contributed by atoms with Gasteiger partial charge in [-0.15, -0.1) is 0 Å². The van der Waals surface area contributed by atoms with E-state index in [1.807, 2.05) is 34.3 Å². The van der Waals surface area contributed by atoms with Gasteiger partial charge in [0, 0.05) is 17.7 Å². The highest BCUT2D eigenvalue weighted by molar-refractivity contribution is 8.22. The third-order valence-corrected chi connectivity index (χ3v) is 3.47. The van der Waals surface area contributed by atoms with Crippen molar-refractivity contribution in [2.45, 2.75) is 52.1 Å². The Morgan fingerprint density at radius 1 is 1.32 bits per heavy atom. The summed E-state index contributed by atoms with van der Waals surface area (Å²) in [6.07, 6.45) is 0.404. The third kappa shape index (κ3) is 8.28. The molecule has 0 aliphatic heterocycles. The molecular weight excluding hydrogens is 263 g/mol. The number of rotatable bonds is 10. The molecule has 0 aromatic heterocycles. The number of Topliss-reactive ketones (excluding diaryl/α,β-unsaturated/α-hetero) is 1. The fraction of sp³-hybridized carbons (Fsp3) is 0.833. The first-order valence-corrected chi connectivity index (χ1v) is 7.52. The molecule has 2 unspecified atom stereocenters. The van der Waals surface area contributed by atoms with E-state index >= 15 is 0 Å². The van der Waals surface area contributed by atoms with Crippen molar-refractivity contribution in [2.75, 3.05) is 5.75 Å².